The number of likely N-dealkylation sites (tertiary alicyclic amines) is 1. The highest BCUT2D eigenvalue weighted by Crippen LogP contribution is 2.51. The summed E-state index contributed by atoms with van der Waals surface area (Å²) in [6.07, 6.45) is 4.54. The second-order valence-corrected chi connectivity index (χ2v) is 5.92. The first kappa shape index (κ1) is 13.2. The van der Waals surface area contributed by atoms with E-state index in [9.17, 15) is 4.79 Å². The van der Waals surface area contributed by atoms with Gasteiger partial charge in [0.25, 0.3) is 0 Å². The SMILES string of the molecule is CCCC1(C(=O)N2C[C@H]3CNC[C@H]3C2)CC1.Cl. The van der Waals surface area contributed by atoms with Crippen LogP contribution in [-0.2, 0) is 4.79 Å². The van der Waals surface area contributed by atoms with Gasteiger partial charge in [-0.05, 0) is 31.1 Å². The maximum absolute atomic E-state index is 12.5. The van der Waals surface area contributed by atoms with Crippen molar-refractivity contribution in [2.45, 2.75) is 32.6 Å². The zero-order valence-corrected chi connectivity index (χ0v) is 11.4. The van der Waals surface area contributed by atoms with Crippen LogP contribution in [0.3, 0.4) is 0 Å². The third kappa shape index (κ3) is 2.19. The normalized spacial score (nSPS) is 33.1. The predicted octanol–water partition coefficient (Wildman–Crippen LogP) is 1.67. The fraction of sp³-hybridized carbons (Fsp3) is 0.923. The van der Waals surface area contributed by atoms with Crippen molar-refractivity contribution < 1.29 is 4.79 Å². The Morgan fingerprint density at radius 3 is 2.35 bits per heavy atom. The first-order valence-electron chi connectivity index (χ1n) is 6.75. The number of nitrogens with one attached hydrogen (secondary N) is 1. The number of hydrogen-bond acceptors (Lipinski definition) is 2. The summed E-state index contributed by atoms with van der Waals surface area (Å²) in [7, 11) is 0. The Kier molecular flexibility index (Phi) is 3.69. The number of carbonyl (C=O) groups is 1. The number of halogens is 1. The van der Waals surface area contributed by atoms with Crippen LogP contribution < -0.4 is 5.32 Å². The number of fused-ring (bicyclic) bond motifs is 1. The van der Waals surface area contributed by atoms with Gasteiger partial charge in [0.15, 0.2) is 0 Å². The lowest BCUT2D eigenvalue weighted by molar-refractivity contribution is -0.136. The summed E-state index contributed by atoms with van der Waals surface area (Å²) in [4.78, 5) is 14.6. The average Bonchev–Trinajstić information content (AvgIpc) is 2.73. The summed E-state index contributed by atoms with van der Waals surface area (Å²) < 4.78 is 0. The molecule has 98 valence electrons. The molecule has 1 aliphatic carbocycles. The van der Waals surface area contributed by atoms with Crippen molar-refractivity contribution in [1.82, 2.24) is 10.2 Å². The lowest BCUT2D eigenvalue weighted by atomic mass is 9.99. The number of nitrogens with zero attached hydrogens (tertiary/aromatic N) is 1. The maximum Gasteiger partial charge on any atom is 0.228 e. The van der Waals surface area contributed by atoms with Gasteiger partial charge in [0, 0.05) is 31.6 Å². The van der Waals surface area contributed by atoms with Gasteiger partial charge in [-0.15, -0.1) is 12.4 Å². The van der Waals surface area contributed by atoms with Crippen molar-refractivity contribution in [3.8, 4) is 0 Å². The van der Waals surface area contributed by atoms with E-state index < -0.39 is 0 Å². The van der Waals surface area contributed by atoms with Gasteiger partial charge in [-0.2, -0.15) is 0 Å². The molecule has 0 radical (unpaired) electrons. The Balaban J connectivity index is 0.00000108. The summed E-state index contributed by atoms with van der Waals surface area (Å²) in [6, 6.07) is 0. The lowest BCUT2D eigenvalue weighted by Gasteiger charge is -2.23. The smallest absolute Gasteiger partial charge is 0.228 e. The van der Waals surface area contributed by atoms with Crippen molar-refractivity contribution in [1.29, 1.82) is 0 Å². The molecule has 2 atom stereocenters. The van der Waals surface area contributed by atoms with Gasteiger partial charge in [-0.1, -0.05) is 13.3 Å². The van der Waals surface area contributed by atoms with Crippen LogP contribution >= 0.6 is 12.4 Å². The number of hydrogen-bond donors (Lipinski definition) is 1. The van der Waals surface area contributed by atoms with Crippen LogP contribution in [0.1, 0.15) is 32.6 Å². The molecular formula is C13H23ClN2O. The van der Waals surface area contributed by atoms with Crippen molar-refractivity contribution in [3.05, 3.63) is 0 Å². The molecule has 17 heavy (non-hydrogen) atoms. The Morgan fingerprint density at radius 1 is 1.29 bits per heavy atom. The molecule has 0 aromatic carbocycles. The molecule has 1 amide bonds. The minimum atomic E-state index is 0. The van der Waals surface area contributed by atoms with E-state index in [0.717, 1.165) is 63.7 Å². The standard InChI is InChI=1S/C13H22N2O.ClH/c1-2-3-13(4-5-13)12(16)15-8-10-6-14-7-11(10)9-15;/h10-11,14H,2-9H2,1H3;1H/t10-,11+;. The van der Waals surface area contributed by atoms with Crippen molar-refractivity contribution in [2.24, 2.45) is 17.3 Å². The zero-order chi connectivity index (χ0) is 11.2. The van der Waals surface area contributed by atoms with Crippen molar-refractivity contribution >= 4 is 18.3 Å². The van der Waals surface area contributed by atoms with E-state index in [1.165, 1.54) is 0 Å². The Hall–Kier alpha value is -0.280. The van der Waals surface area contributed by atoms with Crippen LogP contribution in [0.4, 0.5) is 0 Å². The van der Waals surface area contributed by atoms with E-state index in [0.29, 0.717) is 5.91 Å². The molecule has 0 aromatic heterocycles. The van der Waals surface area contributed by atoms with Gasteiger partial charge < -0.3 is 10.2 Å². The van der Waals surface area contributed by atoms with Crippen LogP contribution in [0.2, 0.25) is 0 Å². The quantitative estimate of drug-likeness (QED) is 0.835. The van der Waals surface area contributed by atoms with E-state index in [-0.39, 0.29) is 17.8 Å². The van der Waals surface area contributed by atoms with Crippen molar-refractivity contribution in [2.75, 3.05) is 26.2 Å². The highest BCUT2D eigenvalue weighted by molar-refractivity contribution is 5.85. The molecule has 1 N–H and O–H groups in total. The average molecular weight is 259 g/mol. The second-order valence-electron chi connectivity index (χ2n) is 5.92. The molecule has 4 heteroatoms. The predicted molar refractivity (Wildman–Crippen MR) is 70.3 cm³/mol. The lowest BCUT2D eigenvalue weighted by Crippen LogP contribution is -2.37. The van der Waals surface area contributed by atoms with Gasteiger partial charge in [0.2, 0.25) is 5.91 Å². The first-order valence-corrected chi connectivity index (χ1v) is 6.75. The molecule has 0 bridgehead atoms. The molecule has 3 fully saturated rings. The Bertz CT molecular complexity index is 292. The van der Waals surface area contributed by atoms with Gasteiger partial charge in [0.05, 0.1) is 0 Å². The van der Waals surface area contributed by atoms with Crippen LogP contribution in [0, 0.1) is 17.3 Å². The first-order chi connectivity index (χ1) is 7.75. The fourth-order valence-electron chi connectivity index (χ4n) is 3.56. The molecule has 0 aromatic rings. The number of amides is 1. The molecular weight excluding hydrogens is 236 g/mol. The van der Waals surface area contributed by atoms with E-state index in [2.05, 4.69) is 17.1 Å². The molecule has 1 saturated carbocycles. The highest BCUT2D eigenvalue weighted by Gasteiger charge is 2.52. The third-order valence-corrected chi connectivity index (χ3v) is 4.71. The molecule has 2 heterocycles. The molecule has 0 unspecified atom stereocenters. The van der Waals surface area contributed by atoms with Crippen molar-refractivity contribution in [3.63, 3.8) is 0 Å². The highest BCUT2D eigenvalue weighted by atomic mass is 35.5. The molecule has 3 rings (SSSR count). The number of carbonyl (C=O) groups excluding carboxylic acids is 1. The minimum Gasteiger partial charge on any atom is -0.342 e. The van der Waals surface area contributed by atoms with E-state index in [1.807, 2.05) is 0 Å². The Labute approximate surface area is 110 Å². The van der Waals surface area contributed by atoms with Gasteiger partial charge >= 0.3 is 0 Å². The molecule has 3 aliphatic rings. The molecule has 3 nitrogen and oxygen atoms in total. The third-order valence-electron chi connectivity index (χ3n) is 4.71. The topological polar surface area (TPSA) is 32.3 Å². The summed E-state index contributed by atoms with van der Waals surface area (Å²) >= 11 is 0. The Morgan fingerprint density at radius 2 is 1.88 bits per heavy atom. The zero-order valence-electron chi connectivity index (χ0n) is 10.6. The monoisotopic (exact) mass is 258 g/mol. The minimum absolute atomic E-state index is 0. The van der Waals surface area contributed by atoms with Crippen LogP contribution in [-0.4, -0.2) is 37.0 Å². The van der Waals surface area contributed by atoms with E-state index in [4.69, 9.17) is 0 Å². The van der Waals surface area contributed by atoms with Crippen LogP contribution in [0.5, 0.6) is 0 Å². The van der Waals surface area contributed by atoms with Crippen LogP contribution in [0.15, 0.2) is 0 Å². The van der Waals surface area contributed by atoms with Gasteiger partial charge in [0.1, 0.15) is 0 Å². The summed E-state index contributed by atoms with van der Waals surface area (Å²) in [5.41, 5.74) is 0.0841. The maximum atomic E-state index is 12.5. The molecule has 2 saturated heterocycles. The van der Waals surface area contributed by atoms with Gasteiger partial charge in [-0.3, -0.25) is 4.79 Å². The largest absolute Gasteiger partial charge is 0.342 e. The summed E-state index contributed by atoms with van der Waals surface area (Å²) in [5.74, 6) is 1.95. The summed E-state index contributed by atoms with van der Waals surface area (Å²) in [5, 5.41) is 3.43. The summed E-state index contributed by atoms with van der Waals surface area (Å²) in [6.45, 7) is 6.46. The van der Waals surface area contributed by atoms with Gasteiger partial charge in [-0.25, -0.2) is 0 Å². The number of rotatable bonds is 3. The molecule has 0 spiro atoms. The fourth-order valence-corrected chi connectivity index (χ4v) is 3.56. The molecule has 2 aliphatic heterocycles. The van der Waals surface area contributed by atoms with E-state index >= 15 is 0 Å². The second kappa shape index (κ2) is 4.77. The van der Waals surface area contributed by atoms with E-state index in [1.54, 1.807) is 0 Å². The van der Waals surface area contributed by atoms with Crippen LogP contribution in [0.25, 0.3) is 0 Å².